The lowest BCUT2D eigenvalue weighted by molar-refractivity contribution is -0.296. The Morgan fingerprint density at radius 3 is 2.40 bits per heavy atom. The second-order valence-electron chi connectivity index (χ2n) is 9.40. The van der Waals surface area contributed by atoms with Crippen LogP contribution in [0.2, 0.25) is 0 Å². The molecule has 0 spiro atoms. The molecule has 1 aromatic heterocycles. The van der Waals surface area contributed by atoms with Gasteiger partial charge in [-0.05, 0) is 6.07 Å². The Bertz CT molecular complexity index is 1200. The number of ether oxygens (including phenoxy) is 2. The molecule has 21 nitrogen and oxygen atoms in total. The van der Waals surface area contributed by atoms with Gasteiger partial charge in [0.2, 0.25) is 5.91 Å². The molecular weight excluding hydrogens is 597 g/mol. The van der Waals surface area contributed by atoms with Gasteiger partial charge in [-0.25, -0.2) is 14.2 Å². The minimum atomic E-state index is -4.64. The molecule has 0 saturated carbocycles. The van der Waals surface area contributed by atoms with Gasteiger partial charge < -0.3 is 71.8 Å². The number of rotatable bonds is 9. The van der Waals surface area contributed by atoms with E-state index in [0.717, 1.165) is 11.5 Å². The highest BCUT2D eigenvalue weighted by molar-refractivity contribution is 7.46. The number of carbonyl (C=O) groups is 2. The van der Waals surface area contributed by atoms with Crippen LogP contribution in [-0.2, 0) is 28.2 Å². The molecule has 0 aromatic carbocycles. The second-order valence-corrected chi connectivity index (χ2v) is 10.6. The van der Waals surface area contributed by atoms with Crippen molar-refractivity contribution < 1.29 is 73.7 Å². The van der Waals surface area contributed by atoms with Gasteiger partial charge in [-0.2, -0.15) is 4.98 Å². The lowest BCUT2D eigenvalue weighted by atomic mass is 9.88. The highest BCUT2D eigenvalue weighted by Crippen LogP contribution is 2.38. The number of nitrogens with zero attached hydrogens (tertiary/aromatic N) is 2. The van der Waals surface area contributed by atoms with E-state index in [1.54, 1.807) is 0 Å². The number of nitrogens with two attached hydrogens (primary N) is 2. The summed E-state index contributed by atoms with van der Waals surface area (Å²) in [4.78, 5) is 54.5. The Labute approximate surface area is 236 Å². The van der Waals surface area contributed by atoms with Crippen molar-refractivity contribution in [2.75, 3.05) is 12.3 Å². The Kier molecular flexibility index (Phi) is 12.0. The van der Waals surface area contributed by atoms with Crippen molar-refractivity contribution in [1.82, 2.24) is 14.9 Å². The number of aliphatic carboxylic acids is 1. The van der Waals surface area contributed by atoms with Gasteiger partial charge in [0.1, 0.15) is 42.7 Å². The van der Waals surface area contributed by atoms with Gasteiger partial charge in [0.25, 0.3) is 5.79 Å². The fourth-order valence-electron chi connectivity index (χ4n) is 4.06. The average molecular weight is 631 g/mol. The molecule has 2 aliphatic rings. The second kappa shape index (κ2) is 14.2. The van der Waals surface area contributed by atoms with E-state index in [0.29, 0.717) is 0 Å². The van der Waals surface area contributed by atoms with Gasteiger partial charge >= 0.3 is 19.5 Å². The Morgan fingerprint density at radius 1 is 1.29 bits per heavy atom. The number of phosphoric acid groups is 1. The first-order valence-corrected chi connectivity index (χ1v) is 13.6. The molecule has 2 saturated heterocycles. The summed E-state index contributed by atoms with van der Waals surface area (Å²) in [5.74, 6) is -5.23. The summed E-state index contributed by atoms with van der Waals surface area (Å²) in [6.45, 7) is 0.613. The van der Waals surface area contributed by atoms with Crippen LogP contribution in [0.1, 0.15) is 26.0 Å². The zero-order valence-electron chi connectivity index (χ0n) is 21.9. The average Bonchev–Trinajstić information content (AvgIpc) is 3.23. The number of nitrogens with one attached hydrogen (secondary N) is 1. The fraction of sp³-hybridized carbons (Fsp3) is 0.700. The Hall–Kier alpha value is -2.63. The summed E-state index contributed by atoms with van der Waals surface area (Å²) in [7, 11) is -4.64. The quantitative estimate of drug-likeness (QED) is 0.0890. The van der Waals surface area contributed by atoms with Gasteiger partial charge in [-0.15, -0.1) is 0 Å². The van der Waals surface area contributed by atoms with Gasteiger partial charge in [0, 0.05) is 26.0 Å². The first-order chi connectivity index (χ1) is 19.3. The van der Waals surface area contributed by atoms with Crippen LogP contribution in [0.15, 0.2) is 17.1 Å². The zero-order valence-corrected chi connectivity index (χ0v) is 22.7. The van der Waals surface area contributed by atoms with E-state index >= 15 is 0 Å². The van der Waals surface area contributed by atoms with Crippen LogP contribution in [0, 0.1) is 0 Å². The van der Waals surface area contributed by atoms with Crippen LogP contribution in [0.5, 0.6) is 0 Å². The summed E-state index contributed by atoms with van der Waals surface area (Å²) in [6.07, 6.45) is -11.3. The molecule has 1 unspecified atom stereocenters. The van der Waals surface area contributed by atoms with Crippen molar-refractivity contribution in [3.05, 3.63) is 22.7 Å². The van der Waals surface area contributed by atoms with E-state index in [1.807, 2.05) is 0 Å². The molecule has 0 bridgehead atoms. The lowest BCUT2D eigenvalue weighted by Gasteiger charge is -2.44. The smallest absolute Gasteiger partial charge is 0.469 e. The minimum absolute atomic E-state index is 0.0613. The SMILES string of the molecule is CC(=O)N[C@H]1[C@H]([C@H](O)[C@H](O)C(N)O)O[C@](O)(C(=O)O)C[C@@H]1O.Nc1ccn([C@H]2C[C@H](O)[C@@H](COP(=O)(O)O)O2)c(=O)n1. The van der Waals surface area contributed by atoms with Gasteiger partial charge in [0.15, 0.2) is 0 Å². The van der Waals surface area contributed by atoms with E-state index in [1.165, 1.54) is 12.3 Å². The molecule has 2 fully saturated rings. The number of phosphoric ester groups is 1. The maximum atomic E-state index is 11.6. The Morgan fingerprint density at radius 2 is 1.90 bits per heavy atom. The third-order valence-electron chi connectivity index (χ3n) is 6.10. The van der Waals surface area contributed by atoms with Crippen molar-refractivity contribution >= 4 is 25.5 Å². The van der Waals surface area contributed by atoms with Crippen LogP contribution in [0.3, 0.4) is 0 Å². The summed E-state index contributed by atoms with van der Waals surface area (Å²) in [6, 6.07) is 0.0666. The number of hydrogen-bond acceptors (Lipinski definition) is 16. The van der Waals surface area contributed by atoms with Crippen LogP contribution < -0.4 is 22.5 Å². The maximum absolute atomic E-state index is 11.6. The largest absolute Gasteiger partial charge is 0.477 e. The van der Waals surface area contributed by atoms with E-state index in [2.05, 4.69) is 14.8 Å². The van der Waals surface area contributed by atoms with E-state index < -0.39 is 99.3 Å². The number of hydrogen-bond donors (Lipinski definition) is 12. The molecule has 42 heavy (non-hydrogen) atoms. The van der Waals surface area contributed by atoms with Crippen molar-refractivity contribution in [3.8, 4) is 0 Å². The van der Waals surface area contributed by atoms with Crippen LogP contribution in [0.4, 0.5) is 5.82 Å². The number of aromatic nitrogens is 2. The molecule has 3 rings (SSSR count). The summed E-state index contributed by atoms with van der Waals surface area (Å²) >= 11 is 0. The summed E-state index contributed by atoms with van der Waals surface area (Å²) in [5.41, 5.74) is 9.73. The first-order valence-electron chi connectivity index (χ1n) is 12.0. The Balaban J connectivity index is 0.000000294. The predicted octanol–water partition coefficient (Wildman–Crippen LogP) is -6.00. The van der Waals surface area contributed by atoms with Gasteiger partial charge in [-0.1, -0.05) is 0 Å². The molecule has 3 heterocycles. The van der Waals surface area contributed by atoms with Gasteiger partial charge in [0.05, 0.1) is 24.9 Å². The fourth-order valence-corrected chi connectivity index (χ4v) is 4.40. The topological polar surface area (TPSA) is 360 Å². The van der Waals surface area contributed by atoms with Gasteiger partial charge in [-0.3, -0.25) is 13.9 Å². The lowest BCUT2D eigenvalue weighted by Crippen LogP contribution is -2.68. The van der Waals surface area contributed by atoms with Crippen molar-refractivity contribution in [2.45, 2.75) is 80.7 Å². The molecule has 10 atom stereocenters. The number of carboxylic acids is 1. The van der Waals surface area contributed by atoms with Crippen LogP contribution in [-0.4, -0.2) is 128 Å². The molecule has 1 amide bonds. The highest BCUT2D eigenvalue weighted by Gasteiger charge is 2.54. The van der Waals surface area contributed by atoms with E-state index in [4.69, 9.17) is 40.9 Å². The van der Waals surface area contributed by atoms with Crippen molar-refractivity contribution in [1.29, 1.82) is 0 Å². The van der Waals surface area contributed by atoms with E-state index in [-0.39, 0.29) is 12.2 Å². The number of aliphatic hydroxyl groups excluding tert-OH is 5. The normalized spacial score (nSPS) is 31.8. The molecule has 240 valence electrons. The molecule has 0 radical (unpaired) electrons. The number of anilines is 1. The highest BCUT2D eigenvalue weighted by atomic mass is 31.2. The molecular formula is C20H34N5O16P. The van der Waals surface area contributed by atoms with Crippen LogP contribution in [0.25, 0.3) is 0 Å². The monoisotopic (exact) mass is 631 g/mol. The molecule has 0 aliphatic carbocycles. The molecule has 22 heteroatoms. The summed E-state index contributed by atoms with van der Waals surface area (Å²) in [5, 5.41) is 69.3. The van der Waals surface area contributed by atoms with Crippen molar-refractivity contribution in [2.24, 2.45) is 5.73 Å². The molecule has 2 aliphatic heterocycles. The summed E-state index contributed by atoms with van der Waals surface area (Å²) < 4.78 is 26.2. The molecule has 1 aromatic rings. The number of amides is 1. The van der Waals surface area contributed by atoms with Crippen LogP contribution >= 0.6 is 7.82 Å². The number of carboxylic acid groups (broad SMARTS) is 1. The number of carbonyl (C=O) groups excluding carboxylic acids is 1. The maximum Gasteiger partial charge on any atom is 0.469 e. The molecule has 14 N–H and O–H groups in total. The minimum Gasteiger partial charge on any atom is -0.477 e. The standard InChI is InChI=1S/C11H20N2O9.C9H14N3O7P/c1-3(14)13-5-4(15)2-11(21,10(19)20)22-8(5)6(16)7(17)9(12)18;10-7-1-2-12(9(14)11-7)8-3-5(13)6(19-8)4-18-20(15,16)17/h4-9,15-18,21H,2,12H2,1H3,(H,13,14)(H,19,20);1-2,5-6,8,13H,3-4H2,(H2,10,11,14)(H2,15,16,17)/t4-,5+,6+,7-,8+,9?,11-;5-,6+,8+/m00/s1. The third-order valence-corrected chi connectivity index (χ3v) is 6.58. The first kappa shape index (κ1) is 35.6. The van der Waals surface area contributed by atoms with E-state index in [9.17, 15) is 44.5 Å². The third kappa shape index (κ3) is 9.44. The van der Waals surface area contributed by atoms with Crippen molar-refractivity contribution in [3.63, 3.8) is 0 Å². The predicted molar refractivity (Wildman–Crippen MR) is 133 cm³/mol. The number of nitrogen functional groups attached to an aromatic ring is 1. The number of aliphatic hydroxyl groups is 6. The zero-order chi connectivity index (χ0) is 32.2.